The number of para-hydroxylation sites is 1. The van der Waals surface area contributed by atoms with Gasteiger partial charge in [0.15, 0.2) is 0 Å². The molecule has 0 amide bonds. The van der Waals surface area contributed by atoms with Crippen LogP contribution < -0.4 is 4.52 Å². The Hall–Kier alpha value is -0.680. The van der Waals surface area contributed by atoms with Crippen LogP contribution in [0.2, 0.25) is 0 Å². The predicted molar refractivity (Wildman–Crippen MR) is 99.8 cm³/mol. The van der Waals surface area contributed by atoms with Crippen molar-refractivity contribution in [3.8, 4) is 5.75 Å². The first kappa shape index (κ1) is 22.4. The van der Waals surface area contributed by atoms with E-state index in [-0.39, 0.29) is 0 Å². The van der Waals surface area contributed by atoms with Crippen molar-refractivity contribution in [2.24, 2.45) is 4.52 Å². The molecule has 0 aliphatic carbocycles. The first-order valence-electron chi connectivity index (χ1n) is 8.42. The summed E-state index contributed by atoms with van der Waals surface area (Å²) < 4.78 is 44.4. The highest BCUT2D eigenvalue weighted by molar-refractivity contribution is 7.64. The summed E-state index contributed by atoms with van der Waals surface area (Å²) in [5.74, 6) is 0.520. The fourth-order valence-electron chi connectivity index (χ4n) is 1.70. The molecule has 0 N–H and O–H groups in total. The normalized spacial score (nSPS) is 12.2. The van der Waals surface area contributed by atoms with Gasteiger partial charge in [-0.2, -0.15) is 0 Å². The topological polar surface area (TPSA) is 75.6 Å². The van der Waals surface area contributed by atoms with Crippen molar-refractivity contribution < 1.29 is 27.2 Å². The van der Waals surface area contributed by atoms with Gasteiger partial charge in [0.25, 0.3) is 0 Å². The summed E-state index contributed by atoms with van der Waals surface area (Å²) in [5, 5.41) is 0. The van der Waals surface area contributed by atoms with E-state index in [1.165, 1.54) is 14.2 Å². The molecular weight excluding hydrogens is 364 g/mol. The molecule has 7 nitrogen and oxygen atoms in total. The zero-order chi connectivity index (χ0) is 18.6. The second kappa shape index (κ2) is 11.8. The zero-order valence-electron chi connectivity index (χ0n) is 15.4. The molecule has 144 valence electrons. The molecule has 0 bridgehead atoms. The summed E-state index contributed by atoms with van der Waals surface area (Å²) in [4.78, 5) is 0. The minimum absolute atomic E-state index is 0.375. The van der Waals surface area contributed by atoms with Gasteiger partial charge in [0.05, 0.1) is 13.2 Å². The lowest BCUT2D eigenvalue weighted by atomic mass is 10.3. The van der Waals surface area contributed by atoms with Crippen molar-refractivity contribution in [2.45, 2.75) is 39.5 Å². The third-order valence-corrected chi connectivity index (χ3v) is 7.28. The third-order valence-electron chi connectivity index (χ3n) is 3.15. The van der Waals surface area contributed by atoms with Gasteiger partial charge in [-0.15, -0.1) is 4.52 Å². The molecule has 0 aromatic heterocycles. The predicted octanol–water partition coefficient (Wildman–Crippen LogP) is 6.05. The van der Waals surface area contributed by atoms with Gasteiger partial charge in [0.1, 0.15) is 5.75 Å². The lowest BCUT2D eigenvalue weighted by molar-refractivity contribution is 0.187. The molecular formula is C16H29NO6P2. The largest absolute Gasteiger partial charge is 0.458 e. The Morgan fingerprint density at radius 1 is 0.920 bits per heavy atom. The van der Waals surface area contributed by atoms with Crippen LogP contribution in [0.25, 0.3) is 0 Å². The molecule has 1 aromatic carbocycles. The Labute approximate surface area is 150 Å². The summed E-state index contributed by atoms with van der Waals surface area (Å²) >= 11 is 0. The summed E-state index contributed by atoms with van der Waals surface area (Å²) in [7, 11) is -4.52. The molecule has 0 radical (unpaired) electrons. The van der Waals surface area contributed by atoms with E-state index in [1.54, 1.807) is 12.1 Å². The van der Waals surface area contributed by atoms with Gasteiger partial charge in [-0.1, -0.05) is 44.9 Å². The van der Waals surface area contributed by atoms with E-state index in [4.69, 9.17) is 22.6 Å². The molecule has 0 saturated heterocycles. The fraction of sp³-hybridized carbons (Fsp3) is 0.625. The van der Waals surface area contributed by atoms with E-state index >= 15 is 0 Å². The molecule has 0 heterocycles. The molecule has 1 aromatic rings. The van der Waals surface area contributed by atoms with Crippen molar-refractivity contribution in [3.63, 3.8) is 0 Å². The summed E-state index contributed by atoms with van der Waals surface area (Å²) in [5.41, 5.74) is 0. The van der Waals surface area contributed by atoms with Crippen LogP contribution in [0, 0.1) is 0 Å². The maximum Gasteiger partial charge on any atom is 0.458 e. The maximum absolute atomic E-state index is 12.6. The van der Waals surface area contributed by atoms with Crippen LogP contribution in [0.4, 0.5) is 0 Å². The summed E-state index contributed by atoms with van der Waals surface area (Å²) in [6.45, 7) is 4.85. The quantitative estimate of drug-likeness (QED) is 0.300. The Morgan fingerprint density at radius 2 is 1.44 bits per heavy atom. The van der Waals surface area contributed by atoms with Gasteiger partial charge in [0, 0.05) is 14.2 Å². The number of rotatable bonds is 13. The van der Waals surface area contributed by atoms with Gasteiger partial charge < -0.3 is 4.52 Å². The van der Waals surface area contributed by atoms with Crippen LogP contribution in [0.5, 0.6) is 5.75 Å². The lowest BCUT2D eigenvalue weighted by Gasteiger charge is -2.25. The lowest BCUT2D eigenvalue weighted by Crippen LogP contribution is -2.06. The Kier molecular flexibility index (Phi) is 10.6. The monoisotopic (exact) mass is 393 g/mol. The number of nitrogens with zero attached hydrogens (tertiary/aromatic N) is 1. The van der Waals surface area contributed by atoms with Crippen LogP contribution in [0.1, 0.15) is 39.5 Å². The van der Waals surface area contributed by atoms with E-state index in [1.807, 2.05) is 32.0 Å². The van der Waals surface area contributed by atoms with Crippen molar-refractivity contribution in [3.05, 3.63) is 30.3 Å². The van der Waals surface area contributed by atoms with Crippen molar-refractivity contribution in [2.75, 3.05) is 27.4 Å². The highest BCUT2D eigenvalue weighted by atomic mass is 31.2. The molecule has 1 rings (SSSR count). The van der Waals surface area contributed by atoms with Crippen LogP contribution in [-0.2, 0) is 22.7 Å². The van der Waals surface area contributed by atoms with Crippen molar-refractivity contribution >= 4 is 15.5 Å². The molecule has 0 saturated carbocycles. The summed E-state index contributed by atoms with van der Waals surface area (Å²) in [6, 6.07) is 9.06. The Morgan fingerprint density at radius 3 is 1.88 bits per heavy atom. The number of hydrogen-bond donors (Lipinski definition) is 0. The molecule has 9 heteroatoms. The first-order chi connectivity index (χ1) is 12.0. The Balaban J connectivity index is 3.24. The van der Waals surface area contributed by atoms with Crippen LogP contribution in [-0.4, -0.2) is 27.4 Å². The van der Waals surface area contributed by atoms with Crippen LogP contribution >= 0.6 is 15.5 Å². The molecule has 0 atom stereocenters. The highest BCUT2D eigenvalue weighted by Gasteiger charge is 2.34. The molecule has 0 unspecified atom stereocenters. The standard InChI is InChI=1S/C16H29NO6P2/c1-5-7-14-21-25(22-15-8-6-2,17-24(18,19-3)20-4)23-16-12-10-9-11-13-16/h9-13H,5-8,14-15H2,1-4H3. The molecule has 0 aliphatic heterocycles. The van der Waals surface area contributed by atoms with Crippen LogP contribution in [0.15, 0.2) is 34.8 Å². The zero-order valence-corrected chi connectivity index (χ0v) is 17.2. The van der Waals surface area contributed by atoms with Crippen LogP contribution in [0.3, 0.4) is 0 Å². The van der Waals surface area contributed by atoms with E-state index in [0.29, 0.717) is 19.0 Å². The average molecular weight is 393 g/mol. The molecule has 0 spiro atoms. The number of unbranched alkanes of at least 4 members (excludes halogenated alkanes) is 2. The van der Waals surface area contributed by atoms with E-state index in [0.717, 1.165) is 25.7 Å². The highest BCUT2D eigenvalue weighted by Crippen LogP contribution is 2.64. The van der Waals surface area contributed by atoms with Gasteiger partial charge >= 0.3 is 15.5 Å². The van der Waals surface area contributed by atoms with Gasteiger partial charge in [-0.3, -0.25) is 18.1 Å². The van der Waals surface area contributed by atoms with Gasteiger partial charge in [-0.25, -0.2) is 4.57 Å². The fourth-order valence-corrected chi connectivity index (χ4v) is 5.36. The maximum atomic E-state index is 12.6. The third kappa shape index (κ3) is 8.04. The van der Waals surface area contributed by atoms with Crippen molar-refractivity contribution in [1.29, 1.82) is 0 Å². The summed E-state index contributed by atoms with van der Waals surface area (Å²) in [6.07, 6.45) is 3.48. The SMILES string of the molecule is CCCCOP(=NP(=O)(OC)OC)(OCCCC)Oc1ccccc1. The molecule has 0 fully saturated rings. The molecule has 25 heavy (non-hydrogen) atoms. The molecule has 0 aliphatic rings. The first-order valence-corrected chi connectivity index (χ1v) is 11.4. The second-order valence-electron chi connectivity index (χ2n) is 5.17. The van der Waals surface area contributed by atoms with E-state index in [2.05, 4.69) is 4.52 Å². The van der Waals surface area contributed by atoms with E-state index < -0.39 is 15.5 Å². The number of hydrogen-bond acceptors (Lipinski definition) is 6. The second-order valence-corrected chi connectivity index (χ2v) is 9.19. The van der Waals surface area contributed by atoms with Gasteiger partial charge in [0.2, 0.25) is 0 Å². The van der Waals surface area contributed by atoms with Crippen molar-refractivity contribution in [1.82, 2.24) is 0 Å². The Bertz CT molecular complexity index is 559. The number of benzene rings is 1. The van der Waals surface area contributed by atoms with Gasteiger partial charge in [-0.05, 0) is 25.0 Å². The minimum Gasteiger partial charge on any atom is -0.418 e. The smallest absolute Gasteiger partial charge is 0.418 e. The van der Waals surface area contributed by atoms with E-state index in [9.17, 15) is 4.57 Å². The minimum atomic E-state index is -3.74. The average Bonchev–Trinajstić information content (AvgIpc) is 2.63.